The minimum Gasteiger partial charge on any atom is -0.275 e. The summed E-state index contributed by atoms with van der Waals surface area (Å²) in [4.78, 5) is 11.1. The number of rotatable bonds is 2. The van der Waals surface area contributed by atoms with Crippen LogP contribution in [-0.4, -0.2) is 15.0 Å². The largest absolute Gasteiger partial charge is 0.275 e. The van der Waals surface area contributed by atoms with Gasteiger partial charge in [0.15, 0.2) is 0 Å². The molecule has 1 aromatic heterocycles. The van der Waals surface area contributed by atoms with E-state index in [4.69, 9.17) is 11.6 Å². The first-order valence-electron chi connectivity index (χ1n) is 4.60. The Hall–Kier alpha value is -1.13. The molecule has 82 valence electrons. The Morgan fingerprint density at radius 1 is 1.38 bits per heavy atom. The Morgan fingerprint density at radius 3 is 2.50 bits per heavy atom. The second-order valence-corrected chi connectivity index (χ2v) is 4.56. The summed E-state index contributed by atoms with van der Waals surface area (Å²) >= 11 is 8.79. The maximum Gasteiger partial charge on any atom is 0.255 e. The number of carbonyl (C=O) groups excluding carboxylic acids is 1. The van der Waals surface area contributed by atoms with Gasteiger partial charge in [-0.2, -0.15) is 5.10 Å². The molecule has 0 atom stereocenters. The van der Waals surface area contributed by atoms with Crippen molar-refractivity contribution in [1.82, 2.24) is 9.78 Å². The number of nitrogens with zero attached hydrogens (tertiary/aromatic N) is 2. The Labute approximate surface area is 106 Å². The van der Waals surface area contributed by atoms with Crippen molar-refractivity contribution in [1.29, 1.82) is 0 Å². The Balaban J connectivity index is 2.49. The fourth-order valence-corrected chi connectivity index (χ4v) is 1.90. The van der Waals surface area contributed by atoms with Crippen LogP contribution in [0.1, 0.15) is 16.1 Å². The van der Waals surface area contributed by atoms with Crippen molar-refractivity contribution in [2.45, 2.75) is 6.92 Å². The van der Waals surface area contributed by atoms with Gasteiger partial charge in [0.1, 0.15) is 0 Å². The van der Waals surface area contributed by atoms with Crippen molar-refractivity contribution < 1.29 is 4.79 Å². The average molecular weight is 300 g/mol. The predicted octanol–water partition coefficient (Wildman–Crippen LogP) is 3.32. The third kappa shape index (κ3) is 2.03. The van der Waals surface area contributed by atoms with Crippen molar-refractivity contribution in [3.63, 3.8) is 0 Å². The van der Waals surface area contributed by atoms with Crippen LogP contribution in [0.5, 0.6) is 0 Å². The molecule has 1 aromatic carbocycles. The van der Waals surface area contributed by atoms with E-state index in [0.29, 0.717) is 5.56 Å². The monoisotopic (exact) mass is 298 g/mol. The first-order chi connectivity index (χ1) is 7.59. The highest BCUT2D eigenvalue weighted by atomic mass is 79.9. The number of hydrogen-bond acceptors (Lipinski definition) is 2. The molecule has 1 heterocycles. The molecular weight excluding hydrogens is 291 g/mol. The molecular formula is C11H8BrClN2O. The molecule has 0 amide bonds. The molecule has 0 unspecified atom stereocenters. The molecule has 3 nitrogen and oxygen atoms in total. The number of hydrogen-bond donors (Lipinski definition) is 0. The Morgan fingerprint density at radius 2 is 2.00 bits per heavy atom. The first-order valence-corrected chi connectivity index (χ1v) is 5.77. The summed E-state index contributed by atoms with van der Waals surface area (Å²) in [6.45, 7) is 1.81. The lowest BCUT2D eigenvalue weighted by Gasteiger charge is -2.04. The van der Waals surface area contributed by atoms with E-state index in [9.17, 15) is 4.79 Å². The zero-order valence-electron chi connectivity index (χ0n) is 8.45. The van der Waals surface area contributed by atoms with Crippen LogP contribution in [0.25, 0.3) is 5.69 Å². The second-order valence-electron chi connectivity index (χ2n) is 3.31. The lowest BCUT2D eigenvalue weighted by Crippen LogP contribution is -2.00. The standard InChI is InChI=1S/C11H8BrClN2O/c1-7-10(11(13)16)6-14-15(7)9-4-2-8(12)3-5-9/h2-6H,1H3. The normalized spacial score (nSPS) is 10.4. The molecule has 0 aliphatic carbocycles. The zero-order chi connectivity index (χ0) is 11.7. The summed E-state index contributed by atoms with van der Waals surface area (Å²) in [7, 11) is 0. The lowest BCUT2D eigenvalue weighted by atomic mass is 10.2. The third-order valence-corrected chi connectivity index (χ3v) is 3.03. The van der Waals surface area contributed by atoms with E-state index in [1.165, 1.54) is 6.20 Å². The van der Waals surface area contributed by atoms with Crippen LogP contribution in [0, 0.1) is 6.92 Å². The van der Waals surface area contributed by atoms with Crippen molar-refractivity contribution in [2.24, 2.45) is 0 Å². The van der Waals surface area contributed by atoms with E-state index in [1.807, 2.05) is 31.2 Å². The fourth-order valence-electron chi connectivity index (χ4n) is 1.45. The van der Waals surface area contributed by atoms with E-state index in [0.717, 1.165) is 15.9 Å². The van der Waals surface area contributed by atoms with Gasteiger partial charge in [0.25, 0.3) is 5.24 Å². The van der Waals surface area contributed by atoms with Crippen LogP contribution >= 0.6 is 27.5 Å². The SMILES string of the molecule is Cc1c(C(=O)Cl)cnn1-c1ccc(Br)cc1. The highest BCUT2D eigenvalue weighted by Gasteiger charge is 2.12. The Kier molecular flexibility index (Phi) is 3.12. The van der Waals surface area contributed by atoms with Gasteiger partial charge in [-0.15, -0.1) is 0 Å². The molecule has 0 saturated carbocycles. The highest BCUT2D eigenvalue weighted by Crippen LogP contribution is 2.18. The summed E-state index contributed by atoms with van der Waals surface area (Å²) in [6, 6.07) is 7.65. The van der Waals surface area contributed by atoms with Crippen LogP contribution in [0.4, 0.5) is 0 Å². The topological polar surface area (TPSA) is 34.9 Å². The van der Waals surface area contributed by atoms with E-state index >= 15 is 0 Å². The predicted molar refractivity (Wildman–Crippen MR) is 66.2 cm³/mol. The molecule has 0 N–H and O–H groups in total. The maximum absolute atomic E-state index is 11.1. The lowest BCUT2D eigenvalue weighted by molar-refractivity contribution is 0.108. The third-order valence-electron chi connectivity index (χ3n) is 2.29. The number of carbonyl (C=O) groups is 1. The molecule has 0 aliphatic heterocycles. The van der Waals surface area contributed by atoms with Crippen molar-refractivity contribution in [3.8, 4) is 5.69 Å². The molecule has 0 aliphatic rings. The van der Waals surface area contributed by atoms with Gasteiger partial charge in [-0.3, -0.25) is 4.79 Å². The minimum absolute atomic E-state index is 0.435. The molecule has 0 saturated heterocycles. The van der Waals surface area contributed by atoms with Gasteiger partial charge < -0.3 is 0 Å². The van der Waals surface area contributed by atoms with E-state index in [1.54, 1.807) is 4.68 Å². The van der Waals surface area contributed by atoms with Crippen LogP contribution in [0.2, 0.25) is 0 Å². The van der Waals surface area contributed by atoms with Gasteiger partial charge in [0, 0.05) is 4.47 Å². The van der Waals surface area contributed by atoms with Crippen molar-refractivity contribution in [3.05, 3.63) is 46.2 Å². The van der Waals surface area contributed by atoms with Crippen LogP contribution in [-0.2, 0) is 0 Å². The van der Waals surface area contributed by atoms with Gasteiger partial charge in [-0.05, 0) is 42.8 Å². The molecule has 16 heavy (non-hydrogen) atoms. The van der Waals surface area contributed by atoms with Crippen LogP contribution < -0.4 is 0 Å². The van der Waals surface area contributed by atoms with Gasteiger partial charge in [-0.25, -0.2) is 4.68 Å². The molecule has 0 spiro atoms. The van der Waals surface area contributed by atoms with E-state index < -0.39 is 5.24 Å². The molecule has 0 radical (unpaired) electrons. The minimum atomic E-state index is -0.485. The number of aromatic nitrogens is 2. The summed E-state index contributed by atoms with van der Waals surface area (Å²) in [5.74, 6) is 0. The molecule has 0 bridgehead atoms. The molecule has 0 fully saturated rings. The van der Waals surface area contributed by atoms with Gasteiger partial charge in [-0.1, -0.05) is 15.9 Å². The fraction of sp³-hybridized carbons (Fsp3) is 0.0909. The van der Waals surface area contributed by atoms with Crippen LogP contribution in [0.15, 0.2) is 34.9 Å². The highest BCUT2D eigenvalue weighted by molar-refractivity contribution is 9.10. The number of benzene rings is 1. The smallest absolute Gasteiger partial charge is 0.255 e. The zero-order valence-corrected chi connectivity index (χ0v) is 10.8. The molecule has 2 rings (SSSR count). The van der Waals surface area contributed by atoms with Gasteiger partial charge in [0.2, 0.25) is 0 Å². The summed E-state index contributed by atoms with van der Waals surface area (Å²) in [6.07, 6.45) is 1.48. The van der Waals surface area contributed by atoms with Crippen molar-refractivity contribution >= 4 is 32.8 Å². The van der Waals surface area contributed by atoms with Gasteiger partial charge in [0.05, 0.1) is 23.1 Å². The molecule has 5 heteroatoms. The summed E-state index contributed by atoms with van der Waals surface area (Å²) < 4.78 is 2.68. The van der Waals surface area contributed by atoms with E-state index in [2.05, 4.69) is 21.0 Å². The van der Waals surface area contributed by atoms with Gasteiger partial charge >= 0.3 is 0 Å². The van der Waals surface area contributed by atoms with E-state index in [-0.39, 0.29) is 0 Å². The first kappa shape index (κ1) is 11.4. The Bertz CT molecular complexity index is 533. The number of halogens is 2. The molecule has 2 aromatic rings. The summed E-state index contributed by atoms with van der Waals surface area (Å²) in [5, 5.41) is 3.65. The van der Waals surface area contributed by atoms with Crippen molar-refractivity contribution in [2.75, 3.05) is 0 Å². The maximum atomic E-state index is 11.1. The second kappa shape index (κ2) is 4.39. The average Bonchev–Trinajstić information content (AvgIpc) is 2.61. The quantitative estimate of drug-likeness (QED) is 0.797. The summed E-state index contributed by atoms with van der Waals surface area (Å²) in [5.41, 5.74) is 2.07. The van der Waals surface area contributed by atoms with Crippen LogP contribution in [0.3, 0.4) is 0 Å².